The topological polar surface area (TPSA) is 67.2 Å². The van der Waals surface area contributed by atoms with E-state index in [4.69, 9.17) is 23.2 Å². The second kappa shape index (κ2) is 9.21. The molecule has 0 spiro atoms. The molecule has 0 saturated carbocycles. The second-order valence-electron chi connectivity index (χ2n) is 7.67. The van der Waals surface area contributed by atoms with Gasteiger partial charge in [-0.2, -0.15) is 0 Å². The van der Waals surface area contributed by atoms with E-state index in [1.807, 2.05) is 53.4 Å². The van der Waals surface area contributed by atoms with Gasteiger partial charge < -0.3 is 9.80 Å². The lowest BCUT2D eigenvalue weighted by Gasteiger charge is -2.35. The lowest BCUT2D eigenvalue weighted by Crippen LogP contribution is -2.49. The maximum atomic E-state index is 13.5. The Morgan fingerprint density at radius 3 is 2.06 bits per heavy atom. The van der Waals surface area contributed by atoms with E-state index >= 15 is 0 Å². The number of benzene rings is 2. The molecule has 2 aromatic carbocycles. The van der Waals surface area contributed by atoms with Gasteiger partial charge in [-0.05, 0) is 60.7 Å². The molecule has 9 heteroatoms. The third-order valence-electron chi connectivity index (χ3n) is 5.64. The first-order valence-corrected chi connectivity index (χ1v) is 11.3. The summed E-state index contributed by atoms with van der Waals surface area (Å²) in [6, 6.07) is 18.7. The number of pyridine rings is 1. The van der Waals surface area contributed by atoms with Crippen molar-refractivity contribution in [1.82, 2.24) is 24.9 Å². The van der Waals surface area contributed by atoms with E-state index in [9.17, 15) is 4.79 Å². The lowest BCUT2D eigenvalue weighted by molar-refractivity contribution is 0.0741. The Kier molecular flexibility index (Phi) is 5.98. The number of piperazine rings is 1. The van der Waals surface area contributed by atoms with Crippen molar-refractivity contribution in [3.63, 3.8) is 0 Å². The molecule has 0 aliphatic carbocycles. The van der Waals surface area contributed by atoms with E-state index in [1.54, 1.807) is 29.2 Å². The Morgan fingerprint density at radius 1 is 0.818 bits per heavy atom. The van der Waals surface area contributed by atoms with Crippen LogP contribution in [-0.2, 0) is 0 Å². The number of halogens is 2. The third kappa shape index (κ3) is 4.42. The zero-order valence-electron chi connectivity index (χ0n) is 17.6. The molecule has 0 N–H and O–H groups in total. The maximum Gasteiger partial charge on any atom is 0.276 e. The SMILES string of the molecule is O=C(c1nnn(-c2ccc(Cl)cc2)c1-c1cccnc1)N1CCN(c2ccc(Cl)cc2)CC1. The van der Waals surface area contributed by atoms with Crippen LogP contribution < -0.4 is 4.90 Å². The minimum atomic E-state index is -0.148. The van der Waals surface area contributed by atoms with Crippen LogP contribution in [0.3, 0.4) is 0 Å². The molecule has 166 valence electrons. The molecule has 33 heavy (non-hydrogen) atoms. The molecule has 0 radical (unpaired) electrons. The summed E-state index contributed by atoms with van der Waals surface area (Å²) in [5.41, 5.74) is 3.53. The Bertz CT molecular complexity index is 1250. The highest BCUT2D eigenvalue weighted by molar-refractivity contribution is 6.30. The third-order valence-corrected chi connectivity index (χ3v) is 6.14. The summed E-state index contributed by atoms with van der Waals surface area (Å²) in [7, 11) is 0. The minimum absolute atomic E-state index is 0.148. The first-order valence-electron chi connectivity index (χ1n) is 10.5. The van der Waals surface area contributed by atoms with E-state index in [2.05, 4.69) is 20.2 Å². The minimum Gasteiger partial charge on any atom is -0.368 e. The summed E-state index contributed by atoms with van der Waals surface area (Å²) in [6.07, 6.45) is 3.40. The normalized spacial score (nSPS) is 13.9. The zero-order valence-corrected chi connectivity index (χ0v) is 19.1. The molecule has 2 aromatic heterocycles. The molecule has 5 rings (SSSR count). The summed E-state index contributed by atoms with van der Waals surface area (Å²) in [6.45, 7) is 2.62. The van der Waals surface area contributed by atoms with Crippen LogP contribution in [0.5, 0.6) is 0 Å². The highest BCUT2D eigenvalue weighted by Crippen LogP contribution is 2.27. The largest absolute Gasteiger partial charge is 0.368 e. The summed E-state index contributed by atoms with van der Waals surface area (Å²) in [4.78, 5) is 21.8. The van der Waals surface area contributed by atoms with E-state index in [-0.39, 0.29) is 5.91 Å². The van der Waals surface area contributed by atoms with Crippen molar-refractivity contribution < 1.29 is 4.79 Å². The molecule has 3 heterocycles. The summed E-state index contributed by atoms with van der Waals surface area (Å²) in [5.74, 6) is -0.148. The van der Waals surface area contributed by atoms with Crippen molar-refractivity contribution in [1.29, 1.82) is 0 Å². The Morgan fingerprint density at radius 2 is 1.45 bits per heavy atom. The fourth-order valence-electron chi connectivity index (χ4n) is 3.92. The van der Waals surface area contributed by atoms with Gasteiger partial charge in [0, 0.05) is 59.9 Å². The quantitative estimate of drug-likeness (QED) is 0.428. The van der Waals surface area contributed by atoms with Crippen molar-refractivity contribution in [2.45, 2.75) is 0 Å². The summed E-state index contributed by atoms with van der Waals surface area (Å²) in [5, 5.41) is 9.92. The van der Waals surface area contributed by atoms with Crippen LogP contribution in [0.25, 0.3) is 16.9 Å². The van der Waals surface area contributed by atoms with Crippen LogP contribution in [0, 0.1) is 0 Å². The van der Waals surface area contributed by atoms with Crippen LogP contribution in [0.2, 0.25) is 10.0 Å². The van der Waals surface area contributed by atoms with Crippen LogP contribution in [0.4, 0.5) is 5.69 Å². The summed E-state index contributed by atoms with van der Waals surface area (Å²) >= 11 is 12.1. The van der Waals surface area contributed by atoms with Crippen LogP contribution >= 0.6 is 23.2 Å². The van der Waals surface area contributed by atoms with Gasteiger partial charge in [0.05, 0.1) is 5.69 Å². The van der Waals surface area contributed by atoms with Gasteiger partial charge >= 0.3 is 0 Å². The first kappa shape index (κ1) is 21.4. The molecule has 1 fully saturated rings. The molecule has 1 aliphatic heterocycles. The number of carbonyl (C=O) groups excluding carboxylic acids is 1. The fraction of sp³-hybridized carbons (Fsp3) is 0.167. The maximum absolute atomic E-state index is 13.5. The average molecular weight is 479 g/mol. The number of nitrogens with zero attached hydrogens (tertiary/aromatic N) is 6. The lowest BCUT2D eigenvalue weighted by atomic mass is 10.1. The van der Waals surface area contributed by atoms with E-state index in [0.717, 1.165) is 30.0 Å². The van der Waals surface area contributed by atoms with E-state index < -0.39 is 0 Å². The molecular formula is C24H20Cl2N6O. The smallest absolute Gasteiger partial charge is 0.276 e. The zero-order chi connectivity index (χ0) is 22.8. The number of rotatable bonds is 4. The molecular weight excluding hydrogens is 459 g/mol. The number of aromatic nitrogens is 4. The molecule has 7 nitrogen and oxygen atoms in total. The predicted molar refractivity (Wildman–Crippen MR) is 129 cm³/mol. The standard InChI is InChI=1S/C24H20Cl2N6O/c25-18-3-7-20(8-4-18)30-12-14-31(15-13-30)24(33)22-23(17-2-1-11-27-16-17)32(29-28-22)21-9-5-19(26)6-10-21/h1-11,16H,12-15H2. The van der Waals surface area contributed by atoms with Crippen molar-refractivity contribution in [3.05, 3.63) is 88.8 Å². The Labute approximate surface area is 201 Å². The van der Waals surface area contributed by atoms with Crippen molar-refractivity contribution in [3.8, 4) is 16.9 Å². The predicted octanol–water partition coefficient (Wildman–Crippen LogP) is 4.60. The van der Waals surface area contributed by atoms with Crippen LogP contribution in [0.1, 0.15) is 10.5 Å². The van der Waals surface area contributed by atoms with Gasteiger partial charge in [0.1, 0.15) is 5.69 Å². The number of carbonyl (C=O) groups is 1. The van der Waals surface area contributed by atoms with Gasteiger partial charge in [0.2, 0.25) is 0 Å². The number of amides is 1. The highest BCUT2D eigenvalue weighted by atomic mass is 35.5. The average Bonchev–Trinajstić information content (AvgIpc) is 3.30. The monoisotopic (exact) mass is 478 g/mol. The molecule has 0 bridgehead atoms. The first-order chi connectivity index (χ1) is 16.1. The highest BCUT2D eigenvalue weighted by Gasteiger charge is 2.29. The fourth-order valence-corrected chi connectivity index (χ4v) is 4.17. The molecule has 1 aliphatic rings. The van der Waals surface area contributed by atoms with Crippen LogP contribution in [-0.4, -0.2) is 57.0 Å². The molecule has 1 saturated heterocycles. The Balaban J connectivity index is 1.42. The van der Waals surface area contributed by atoms with Gasteiger partial charge in [-0.3, -0.25) is 9.78 Å². The van der Waals surface area contributed by atoms with Crippen molar-refractivity contribution >= 4 is 34.8 Å². The number of hydrogen-bond donors (Lipinski definition) is 0. The van der Waals surface area contributed by atoms with Crippen LogP contribution in [0.15, 0.2) is 73.1 Å². The van der Waals surface area contributed by atoms with Crippen molar-refractivity contribution in [2.75, 3.05) is 31.1 Å². The number of anilines is 1. The molecule has 0 unspecified atom stereocenters. The van der Waals surface area contributed by atoms with Gasteiger partial charge in [0.25, 0.3) is 5.91 Å². The second-order valence-corrected chi connectivity index (χ2v) is 8.55. The van der Waals surface area contributed by atoms with E-state index in [1.165, 1.54) is 0 Å². The number of hydrogen-bond acceptors (Lipinski definition) is 5. The Hall–Kier alpha value is -3.42. The van der Waals surface area contributed by atoms with Gasteiger partial charge in [0.15, 0.2) is 5.69 Å². The molecule has 1 amide bonds. The van der Waals surface area contributed by atoms with Gasteiger partial charge in [-0.25, -0.2) is 4.68 Å². The summed E-state index contributed by atoms with van der Waals surface area (Å²) < 4.78 is 1.66. The van der Waals surface area contributed by atoms with Gasteiger partial charge in [-0.15, -0.1) is 5.10 Å². The molecule has 0 atom stereocenters. The molecule has 4 aromatic rings. The van der Waals surface area contributed by atoms with Crippen molar-refractivity contribution in [2.24, 2.45) is 0 Å². The van der Waals surface area contributed by atoms with E-state index in [0.29, 0.717) is 34.5 Å². The van der Waals surface area contributed by atoms with Gasteiger partial charge in [-0.1, -0.05) is 28.4 Å².